The summed E-state index contributed by atoms with van der Waals surface area (Å²) in [6.45, 7) is 3.95. The molecule has 3 aromatic heterocycles. The van der Waals surface area contributed by atoms with Gasteiger partial charge < -0.3 is 19.3 Å². The van der Waals surface area contributed by atoms with E-state index in [0.29, 0.717) is 60.8 Å². The van der Waals surface area contributed by atoms with Crippen LogP contribution in [0, 0.1) is 6.92 Å². The van der Waals surface area contributed by atoms with Crippen LogP contribution in [0.15, 0.2) is 79.0 Å². The molecule has 0 saturated carbocycles. The molecule has 7 rings (SSSR count). The zero-order valence-corrected chi connectivity index (χ0v) is 25.7. The highest BCUT2D eigenvalue weighted by Crippen LogP contribution is 2.37. The molecule has 12 nitrogen and oxygen atoms in total. The molecule has 1 saturated heterocycles. The summed E-state index contributed by atoms with van der Waals surface area (Å²) >= 11 is 0. The van der Waals surface area contributed by atoms with Gasteiger partial charge in [-0.2, -0.15) is 0 Å². The molecule has 47 heavy (non-hydrogen) atoms. The van der Waals surface area contributed by atoms with Crippen molar-refractivity contribution in [2.45, 2.75) is 32.5 Å². The van der Waals surface area contributed by atoms with Gasteiger partial charge in [0.25, 0.3) is 12.3 Å². The number of benzene rings is 2. The van der Waals surface area contributed by atoms with E-state index in [1.807, 2.05) is 42.5 Å². The van der Waals surface area contributed by atoms with Crippen LogP contribution in [0.2, 0.25) is 0 Å². The zero-order valence-electron chi connectivity index (χ0n) is 25.7. The molecule has 5 heterocycles. The number of halogens is 2. The summed E-state index contributed by atoms with van der Waals surface area (Å²) in [6, 6.07) is 20.5. The van der Waals surface area contributed by atoms with E-state index in [2.05, 4.69) is 35.3 Å². The van der Waals surface area contributed by atoms with E-state index in [1.165, 1.54) is 12.1 Å². The smallest absolute Gasteiger partial charge is 0.263 e. The van der Waals surface area contributed by atoms with E-state index in [4.69, 9.17) is 9.47 Å². The molecule has 0 aliphatic carbocycles. The van der Waals surface area contributed by atoms with Crippen LogP contribution >= 0.6 is 0 Å². The van der Waals surface area contributed by atoms with Gasteiger partial charge in [0.05, 0.1) is 30.7 Å². The summed E-state index contributed by atoms with van der Waals surface area (Å²) in [5, 5.41) is 17.0. The summed E-state index contributed by atoms with van der Waals surface area (Å²) < 4.78 is 38.8. The molecule has 5 aromatic rings. The Morgan fingerprint density at radius 1 is 0.957 bits per heavy atom. The van der Waals surface area contributed by atoms with Crippen LogP contribution in [0.1, 0.15) is 28.9 Å². The van der Waals surface area contributed by atoms with Crippen molar-refractivity contribution in [3.05, 3.63) is 102 Å². The van der Waals surface area contributed by atoms with Crippen molar-refractivity contribution < 1.29 is 23.0 Å². The maximum atomic E-state index is 14.0. The lowest BCUT2D eigenvalue weighted by molar-refractivity contribution is -0.120. The predicted octanol–water partition coefficient (Wildman–Crippen LogP) is 4.53. The summed E-state index contributed by atoms with van der Waals surface area (Å²) in [5.41, 5.74) is 3.71. The highest BCUT2D eigenvalue weighted by Gasteiger charge is 2.42. The maximum absolute atomic E-state index is 14.0. The average Bonchev–Trinajstić information content (AvgIpc) is 3.49. The fraction of sp³-hybridized carbons (Fsp3) is 0.273. The average molecular weight is 640 g/mol. The Hall–Kier alpha value is -5.66. The van der Waals surface area contributed by atoms with Gasteiger partial charge >= 0.3 is 0 Å². The largest absolute Gasteiger partial charge is 0.497 e. The third-order valence-electron chi connectivity index (χ3n) is 8.42. The molecule has 0 radical (unpaired) electrons. The van der Waals surface area contributed by atoms with E-state index in [0.717, 1.165) is 17.0 Å². The Bertz CT molecular complexity index is 1870. The number of hydrogen-bond donors (Lipinski definition) is 0. The van der Waals surface area contributed by atoms with Crippen molar-refractivity contribution in [3.8, 4) is 17.3 Å². The lowest BCUT2D eigenvalue weighted by atomic mass is 10.0. The van der Waals surface area contributed by atoms with E-state index >= 15 is 0 Å². The first-order chi connectivity index (χ1) is 22.9. The van der Waals surface area contributed by atoms with Crippen LogP contribution < -0.4 is 24.2 Å². The molecule has 0 N–H and O–H groups in total. The minimum absolute atomic E-state index is 0.0333. The van der Waals surface area contributed by atoms with Gasteiger partial charge in [0, 0.05) is 37.5 Å². The fourth-order valence-corrected chi connectivity index (χ4v) is 5.87. The molecule has 2 aliphatic rings. The Labute approximate surface area is 269 Å². The minimum atomic E-state index is -2.55. The van der Waals surface area contributed by atoms with Crippen LogP contribution in [-0.2, 0) is 17.9 Å². The zero-order chi connectivity index (χ0) is 32.5. The van der Waals surface area contributed by atoms with Crippen LogP contribution in [-0.4, -0.2) is 68.9 Å². The Morgan fingerprint density at radius 3 is 2.49 bits per heavy atom. The van der Waals surface area contributed by atoms with E-state index < -0.39 is 12.5 Å². The van der Waals surface area contributed by atoms with Crippen molar-refractivity contribution in [1.82, 2.24) is 30.2 Å². The normalized spacial score (nSPS) is 15.9. The first kappa shape index (κ1) is 30.0. The Kier molecular flexibility index (Phi) is 8.06. The number of carbonyl (C=O) groups is 1. The number of amides is 1. The van der Waals surface area contributed by atoms with Crippen molar-refractivity contribution in [2.75, 3.05) is 41.4 Å². The first-order valence-corrected chi connectivity index (χ1v) is 15.1. The molecule has 2 aliphatic heterocycles. The second-order valence-corrected chi connectivity index (χ2v) is 11.2. The molecule has 1 fully saturated rings. The third kappa shape index (κ3) is 5.89. The second kappa shape index (κ2) is 12.6. The van der Waals surface area contributed by atoms with Gasteiger partial charge in [0.2, 0.25) is 5.88 Å². The highest BCUT2D eigenvalue weighted by molar-refractivity contribution is 6.05. The monoisotopic (exact) mass is 639 g/mol. The molecule has 0 spiro atoms. The van der Waals surface area contributed by atoms with Crippen molar-refractivity contribution in [2.24, 2.45) is 0 Å². The number of ether oxygens (including phenoxy) is 2. The number of rotatable bonds is 9. The fourth-order valence-electron chi connectivity index (χ4n) is 5.87. The third-order valence-corrected chi connectivity index (χ3v) is 8.42. The van der Waals surface area contributed by atoms with E-state index in [-0.39, 0.29) is 18.1 Å². The quantitative estimate of drug-likeness (QED) is 0.228. The lowest BCUT2D eigenvalue weighted by Crippen LogP contribution is -2.63. The number of aromatic nitrogens is 6. The van der Waals surface area contributed by atoms with E-state index in [1.54, 1.807) is 48.0 Å². The number of fused-ring (bicyclic) bond motifs is 3. The summed E-state index contributed by atoms with van der Waals surface area (Å²) in [4.78, 5) is 24.5. The molecule has 0 unspecified atom stereocenters. The van der Waals surface area contributed by atoms with Gasteiger partial charge in [0.15, 0.2) is 11.6 Å². The molecule has 14 heteroatoms. The SMILES string of the molecule is COc1ccc(CN2C(=O)[C@@H]3CN(c4ccc(OCc5c(C)nnn5-c5ccc(C(F)F)cc5)nn4)CCN3c3cccnc32)cc1. The first-order valence-electron chi connectivity index (χ1n) is 15.1. The number of piperazine rings is 1. The van der Waals surface area contributed by atoms with Crippen molar-refractivity contribution in [1.29, 1.82) is 0 Å². The summed E-state index contributed by atoms with van der Waals surface area (Å²) in [7, 11) is 1.62. The number of methoxy groups -OCH3 is 1. The van der Waals surface area contributed by atoms with Crippen LogP contribution in [0.4, 0.5) is 26.1 Å². The van der Waals surface area contributed by atoms with Crippen molar-refractivity contribution >= 4 is 23.2 Å². The molecule has 1 atom stereocenters. The molecule has 240 valence electrons. The van der Waals surface area contributed by atoms with Crippen LogP contribution in [0.5, 0.6) is 11.6 Å². The van der Waals surface area contributed by atoms with Crippen molar-refractivity contribution in [3.63, 3.8) is 0 Å². The predicted molar refractivity (Wildman–Crippen MR) is 169 cm³/mol. The molecular formula is C33H31F2N9O3. The number of aryl methyl sites for hydroxylation is 1. The van der Waals surface area contributed by atoms with Crippen LogP contribution in [0.25, 0.3) is 5.69 Å². The summed E-state index contributed by atoms with van der Waals surface area (Å²) in [6.07, 6.45) is -0.839. The Morgan fingerprint density at radius 2 is 1.77 bits per heavy atom. The number of pyridine rings is 1. The topological polar surface area (TPSA) is 115 Å². The van der Waals surface area contributed by atoms with Gasteiger partial charge in [-0.3, -0.25) is 9.69 Å². The van der Waals surface area contributed by atoms with Gasteiger partial charge in [-0.1, -0.05) is 29.5 Å². The number of carbonyl (C=O) groups excluding carboxylic acids is 1. The molecule has 2 aromatic carbocycles. The highest BCUT2D eigenvalue weighted by atomic mass is 19.3. The second-order valence-electron chi connectivity index (χ2n) is 11.2. The number of nitrogens with zero attached hydrogens (tertiary/aromatic N) is 9. The number of hydrogen-bond acceptors (Lipinski definition) is 10. The van der Waals surface area contributed by atoms with Crippen LogP contribution in [0.3, 0.4) is 0 Å². The molecular weight excluding hydrogens is 608 g/mol. The van der Waals surface area contributed by atoms with E-state index in [9.17, 15) is 13.6 Å². The minimum Gasteiger partial charge on any atom is -0.497 e. The standard InChI is InChI=1S/C33H31F2N9O3/c1-21-28(44(40-37-21)24-9-7-23(8-10-24)31(34)35)20-47-30-14-13-29(38-39-30)41-16-17-42-26-4-3-15-36-32(26)43(33(45)27(42)19-41)18-22-5-11-25(46-2)12-6-22/h3-15,27,31H,16-20H2,1-2H3/t27-/m0/s1. The number of alkyl halides is 2. The van der Waals surface area contributed by atoms with Gasteiger partial charge in [-0.25, -0.2) is 18.4 Å². The van der Waals surface area contributed by atoms with Gasteiger partial charge in [0.1, 0.15) is 24.1 Å². The maximum Gasteiger partial charge on any atom is 0.263 e. The van der Waals surface area contributed by atoms with Gasteiger partial charge in [-0.05, 0) is 55.0 Å². The summed E-state index contributed by atoms with van der Waals surface area (Å²) in [5.74, 6) is 2.30. The lowest BCUT2D eigenvalue weighted by Gasteiger charge is -2.47. The molecule has 1 amide bonds. The van der Waals surface area contributed by atoms with Gasteiger partial charge in [-0.15, -0.1) is 15.3 Å². The number of anilines is 3. The Balaban J connectivity index is 1.04. The molecule has 0 bridgehead atoms.